The van der Waals surface area contributed by atoms with Crippen molar-refractivity contribution in [3.63, 3.8) is 0 Å². The second-order valence-electron chi connectivity index (χ2n) is 7.33. The summed E-state index contributed by atoms with van der Waals surface area (Å²) in [6, 6.07) is 10.8. The van der Waals surface area contributed by atoms with Crippen molar-refractivity contribution in [3.05, 3.63) is 47.5 Å². The summed E-state index contributed by atoms with van der Waals surface area (Å²) >= 11 is 0. The Bertz CT molecular complexity index is 721. The lowest BCUT2D eigenvalue weighted by Crippen LogP contribution is -2.41. The van der Waals surface area contributed by atoms with Gasteiger partial charge in [0, 0.05) is 31.3 Å². The molecule has 1 amide bonds. The van der Waals surface area contributed by atoms with Crippen LogP contribution in [-0.4, -0.2) is 26.7 Å². The van der Waals surface area contributed by atoms with E-state index in [-0.39, 0.29) is 17.9 Å². The maximum absolute atomic E-state index is 12.2. The van der Waals surface area contributed by atoms with E-state index in [1.807, 2.05) is 6.07 Å². The van der Waals surface area contributed by atoms with Gasteiger partial charge in [0.1, 0.15) is 11.6 Å². The van der Waals surface area contributed by atoms with Crippen LogP contribution in [0.2, 0.25) is 0 Å². The molecule has 0 radical (unpaired) electrons. The predicted octanol–water partition coefficient (Wildman–Crippen LogP) is 2.68. The van der Waals surface area contributed by atoms with Crippen LogP contribution >= 0.6 is 0 Å². The quantitative estimate of drug-likeness (QED) is 0.912. The van der Waals surface area contributed by atoms with Crippen molar-refractivity contribution in [2.45, 2.75) is 64.0 Å². The minimum atomic E-state index is 0.262. The number of nitrogens with one attached hydrogen (secondary N) is 1. The number of aryl methyl sites for hydroxylation is 3. The molecular formula is C20H26N4O. The molecule has 1 aliphatic heterocycles. The highest BCUT2D eigenvalue weighted by Crippen LogP contribution is 2.27. The fraction of sp³-hybridized carbons (Fsp3) is 0.550. The van der Waals surface area contributed by atoms with E-state index in [9.17, 15) is 4.79 Å². The van der Waals surface area contributed by atoms with E-state index in [0.717, 1.165) is 63.1 Å². The maximum Gasteiger partial charge on any atom is 0.223 e. The van der Waals surface area contributed by atoms with Gasteiger partial charge in [-0.25, -0.2) is 0 Å². The van der Waals surface area contributed by atoms with Gasteiger partial charge in [0.25, 0.3) is 0 Å². The van der Waals surface area contributed by atoms with Gasteiger partial charge in [-0.3, -0.25) is 4.79 Å². The van der Waals surface area contributed by atoms with Gasteiger partial charge >= 0.3 is 0 Å². The van der Waals surface area contributed by atoms with E-state index in [0.29, 0.717) is 0 Å². The van der Waals surface area contributed by atoms with Crippen molar-refractivity contribution in [1.82, 2.24) is 20.1 Å². The minimum absolute atomic E-state index is 0.262. The summed E-state index contributed by atoms with van der Waals surface area (Å²) < 4.78 is 2.28. The average Bonchev–Trinajstić information content (AvgIpc) is 2.86. The third kappa shape index (κ3) is 3.75. The summed E-state index contributed by atoms with van der Waals surface area (Å²) in [5, 5.41) is 12.1. The molecule has 2 aliphatic rings. The van der Waals surface area contributed by atoms with Crippen molar-refractivity contribution in [1.29, 1.82) is 0 Å². The van der Waals surface area contributed by atoms with Gasteiger partial charge in [-0.2, -0.15) is 0 Å². The van der Waals surface area contributed by atoms with Crippen molar-refractivity contribution >= 4 is 5.91 Å². The van der Waals surface area contributed by atoms with Crippen LogP contribution in [0, 0.1) is 5.92 Å². The van der Waals surface area contributed by atoms with Crippen molar-refractivity contribution in [2.24, 2.45) is 5.92 Å². The largest absolute Gasteiger partial charge is 0.353 e. The molecule has 1 aromatic heterocycles. The molecule has 1 unspecified atom stereocenters. The SMILES string of the molecule is O=C(NC1CCc2nnc(CCc3ccccc3)n2CC1)C1CCC1. The molecule has 2 aromatic rings. The van der Waals surface area contributed by atoms with E-state index in [4.69, 9.17) is 0 Å². The van der Waals surface area contributed by atoms with Gasteiger partial charge in [0.2, 0.25) is 5.91 Å². The van der Waals surface area contributed by atoms with E-state index < -0.39 is 0 Å². The molecular weight excluding hydrogens is 312 g/mol. The first kappa shape index (κ1) is 16.3. The van der Waals surface area contributed by atoms with E-state index in [1.54, 1.807) is 0 Å². The van der Waals surface area contributed by atoms with Gasteiger partial charge in [0.15, 0.2) is 0 Å². The zero-order valence-electron chi connectivity index (χ0n) is 14.7. The zero-order chi connectivity index (χ0) is 17.1. The summed E-state index contributed by atoms with van der Waals surface area (Å²) in [5.74, 6) is 2.68. The van der Waals surface area contributed by atoms with Gasteiger partial charge < -0.3 is 9.88 Å². The summed E-state index contributed by atoms with van der Waals surface area (Å²) in [4.78, 5) is 12.2. The van der Waals surface area contributed by atoms with Crippen LogP contribution in [0.1, 0.15) is 49.3 Å². The van der Waals surface area contributed by atoms with Crippen LogP contribution in [-0.2, 0) is 30.6 Å². The number of aromatic nitrogens is 3. The number of fused-ring (bicyclic) bond motifs is 1. The number of carbonyl (C=O) groups is 1. The number of amides is 1. The van der Waals surface area contributed by atoms with E-state index in [2.05, 4.69) is 44.3 Å². The smallest absolute Gasteiger partial charge is 0.223 e. The number of nitrogens with zero attached hydrogens (tertiary/aromatic N) is 3. The first-order chi connectivity index (χ1) is 12.3. The Morgan fingerprint density at radius 3 is 2.68 bits per heavy atom. The number of benzene rings is 1. The molecule has 0 spiro atoms. The highest BCUT2D eigenvalue weighted by molar-refractivity contribution is 5.79. The summed E-state index contributed by atoms with van der Waals surface area (Å²) in [5.41, 5.74) is 1.33. The summed E-state index contributed by atoms with van der Waals surface area (Å²) in [7, 11) is 0. The van der Waals surface area contributed by atoms with Crippen molar-refractivity contribution in [2.75, 3.05) is 0 Å². The Morgan fingerprint density at radius 2 is 1.92 bits per heavy atom. The van der Waals surface area contributed by atoms with Gasteiger partial charge in [0.05, 0.1) is 0 Å². The molecule has 1 aliphatic carbocycles. The molecule has 1 atom stereocenters. The maximum atomic E-state index is 12.2. The normalized spacial score (nSPS) is 20.4. The first-order valence-corrected chi connectivity index (χ1v) is 9.55. The van der Waals surface area contributed by atoms with Gasteiger partial charge in [-0.05, 0) is 37.7 Å². The zero-order valence-corrected chi connectivity index (χ0v) is 14.7. The lowest BCUT2D eigenvalue weighted by atomic mass is 9.84. The molecule has 1 saturated carbocycles. The topological polar surface area (TPSA) is 59.8 Å². The second-order valence-corrected chi connectivity index (χ2v) is 7.33. The van der Waals surface area contributed by atoms with Crippen LogP contribution in [0.4, 0.5) is 0 Å². The highest BCUT2D eigenvalue weighted by Gasteiger charge is 2.28. The van der Waals surface area contributed by atoms with Gasteiger partial charge in [-0.15, -0.1) is 10.2 Å². The molecule has 0 bridgehead atoms. The Balaban J connectivity index is 1.35. The Hall–Kier alpha value is -2.17. The molecule has 5 heteroatoms. The molecule has 132 valence electrons. The summed E-state index contributed by atoms with van der Waals surface area (Å²) in [6.07, 6.45) is 8.07. The van der Waals surface area contributed by atoms with Crippen LogP contribution in [0.15, 0.2) is 30.3 Å². The standard InChI is InChI=1S/C20H26N4O/c25-20(16-7-4-8-16)21-17-10-12-19-23-22-18(24(19)14-13-17)11-9-15-5-2-1-3-6-15/h1-3,5-6,16-17H,4,7-14H2,(H,21,25). The van der Waals surface area contributed by atoms with Crippen LogP contribution in [0.3, 0.4) is 0 Å². The van der Waals surface area contributed by atoms with Crippen LogP contribution in [0.25, 0.3) is 0 Å². The number of carbonyl (C=O) groups excluding carboxylic acids is 1. The third-order valence-corrected chi connectivity index (χ3v) is 5.62. The molecule has 5 nitrogen and oxygen atoms in total. The predicted molar refractivity (Wildman–Crippen MR) is 96.1 cm³/mol. The Labute approximate surface area is 148 Å². The molecule has 1 aromatic carbocycles. The first-order valence-electron chi connectivity index (χ1n) is 9.55. The molecule has 2 heterocycles. The average molecular weight is 338 g/mol. The molecule has 1 fully saturated rings. The van der Waals surface area contributed by atoms with Gasteiger partial charge in [-0.1, -0.05) is 36.8 Å². The number of rotatable bonds is 5. The third-order valence-electron chi connectivity index (χ3n) is 5.62. The number of hydrogen-bond acceptors (Lipinski definition) is 3. The second kappa shape index (κ2) is 7.38. The molecule has 25 heavy (non-hydrogen) atoms. The van der Waals surface area contributed by atoms with Crippen molar-refractivity contribution < 1.29 is 4.79 Å². The molecule has 0 saturated heterocycles. The van der Waals surface area contributed by atoms with Crippen molar-refractivity contribution in [3.8, 4) is 0 Å². The van der Waals surface area contributed by atoms with Crippen LogP contribution < -0.4 is 5.32 Å². The Kier molecular flexibility index (Phi) is 4.81. The lowest BCUT2D eigenvalue weighted by molar-refractivity contribution is -0.128. The highest BCUT2D eigenvalue weighted by atomic mass is 16.2. The Morgan fingerprint density at radius 1 is 1.08 bits per heavy atom. The molecule has 4 rings (SSSR count). The fourth-order valence-electron chi connectivity index (χ4n) is 3.77. The van der Waals surface area contributed by atoms with E-state index >= 15 is 0 Å². The monoisotopic (exact) mass is 338 g/mol. The fourth-order valence-corrected chi connectivity index (χ4v) is 3.77. The molecule has 1 N–H and O–H groups in total. The number of hydrogen-bond donors (Lipinski definition) is 1. The minimum Gasteiger partial charge on any atom is -0.353 e. The van der Waals surface area contributed by atoms with Crippen LogP contribution in [0.5, 0.6) is 0 Å². The van der Waals surface area contributed by atoms with E-state index in [1.165, 1.54) is 12.0 Å². The summed E-state index contributed by atoms with van der Waals surface area (Å²) in [6.45, 7) is 0.905. The lowest BCUT2D eigenvalue weighted by Gasteiger charge is -2.27.